The number of hydrogen-bond acceptors (Lipinski definition) is 6. The van der Waals surface area contributed by atoms with Gasteiger partial charge in [0.1, 0.15) is 11.5 Å². The van der Waals surface area contributed by atoms with Crippen molar-refractivity contribution in [3.05, 3.63) is 35.5 Å². The van der Waals surface area contributed by atoms with Crippen LogP contribution in [0.1, 0.15) is 61.0 Å². The minimum atomic E-state index is -3.81. The van der Waals surface area contributed by atoms with Gasteiger partial charge in [-0.25, -0.2) is 23.5 Å². The second kappa shape index (κ2) is 8.55. The standard InChI is InChI=1S/C22H29N5O3S/c1-14-11-17(31(24,29)30)9-10-18(14)22-25-19(21(23)28)12-20(26-22)27(13-15-7-8-15)16-5-3-2-4-6-16/h9-12,15-16H,2-8,13H2,1H3,(H2,23,28)(H2,24,29,30). The van der Waals surface area contributed by atoms with Gasteiger partial charge in [-0.3, -0.25) is 4.79 Å². The van der Waals surface area contributed by atoms with Crippen molar-refractivity contribution in [3.63, 3.8) is 0 Å². The Morgan fingerprint density at radius 2 is 1.81 bits per heavy atom. The number of primary amides is 1. The normalized spacial score (nSPS) is 17.5. The fraction of sp³-hybridized carbons (Fsp3) is 0.500. The van der Waals surface area contributed by atoms with Crippen LogP contribution in [0.4, 0.5) is 5.82 Å². The van der Waals surface area contributed by atoms with E-state index in [1.807, 2.05) is 0 Å². The summed E-state index contributed by atoms with van der Waals surface area (Å²) >= 11 is 0. The molecule has 0 saturated heterocycles. The summed E-state index contributed by atoms with van der Waals surface area (Å²) in [5, 5.41) is 5.25. The summed E-state index contributed by atoms with van der Waals surface area (Å²) in [5.41, 5.74) is 7.06. The first-order valence-electron chi connectivity index (χ1n) is 10.8. The largest absolute Gasteiger partial charge is 0.364 e. The van der Waals surface area contributed by atoms with Gasteiger partial charge >= 0.3 is 0 Å². The number of carbonyl (C=O) groups excluding carboxylic acids is 1. The number of benzene rings is 1. The third-order valence-corrected chi connectivity index (χ3v) is 7.10. The molecule has 0 atom stereocenters. The Morgan fingerprint density at radius 1 is 1.10 bits per heavy atom. The summed E-state index contributed by atoms with van der Waals surface area (Å²) in [6.45, 7) is 2.69. The molecule has 1 aromatic heterocycles. The number of nitrogens with zero attached hydrogens (tertiary/aromatic N) is 3. The van der Waals surface area contributed by atoms with E-state index in [1.54, 1.807) is 19.1 Å². The SMILES string of the molecule is Cc1cc(S(N)(=O)=O)ccc1-c1nc(C(N)=O)cc(N(CC2CC2)C2CCCCC2)n1. The molecule has 9 heteroatoms. The van der Waals surface area contributed by atoms with E-state index >= 15 is 0 Å². The molecule has 1 amide bonds. The lowest BCUT2D eigenvalue weighted by atomic mass is 9.94. The van der Waals surface area contributed by atoms with E-state index in [0.29, 0.717) is 34.7 Å². The van der Waals surface area contributed by atoms with Crippen molar-refractivity contribution in [1.29, 1.82) is 0 Å². The zero-order valence-electron chi connectivity index (χ0n) is 17.8. The summed E-state index contributed by atoms with van der Waals surface area (Å²) in [5.74, 6) is 1.13. The molecular weight excluding hydrogens is 414 g/mol. The van der Waals surface area contributed by atoms with Crippen LogP contribution in [0.2, 0.25) is 0 Å². The molecule has 2 aliphatic carbocycles. The lowest BCUT2D eigenvalue weighted by molar-refractivity contribution is 0.0995. The summed E-state index contributed by atoms with van der Waals surface area (Å²) < 4.78 is 23.4. The van der Waals surface area contributed by atoms with Crippen LogP contribution in [-0.2, 0) is 10.0 Å². The maximum atomic E-state index is 12.1. The Morgan fingerprint density at radius 3 is 2.39 bits per heavy atom. The number of sulfonamides is 1. The van der Waals surface area contributed by atoms with Gasteiger partial charge in [-0.05, 0) is 62.3 Å². The predicted molar refractivity (Wildman–Crippen MR) is 119 cm³/mol. The van der Waals surface area contributed by atoms with Crippen LogP contribution >= 0.6 is 0 Å². The smallest absolute Gasteiger partial charge is 0.267 e. The number of rotatable bonds is 7. The van der Waals surface area contributed by atoms with Crippen LogP contribution in [-0.4, -0.2) is 36.9 Å². The van der Waals surface area contributed by atoms with E-state index in [-0.39, 0.29) is 10.6 Å². The summed E-state index contributed by atoms with van der Waals surface area (Å²) in [6.07, 6.45) is 8.31. The molecule has 8 nitrogen and oxygen atoms in total. The topological polar surface area (TPSA) is 132 Å². The fourth-order valence-corrected chi connectivity index (χ4v) is 4.89. The van der Waals surface area contributed by atoms with E-state index in [4.69, 9.17) is 15.9 Å². The van der Waals surface area contributed by atoms with E-state index in [9.17, 15) is 13.2 Å². The highest BCUT2D eigenvalue weighted by atomic mass is 32.2. The maximum Gasteiger partial charge on any atom is 0.267 e. The summed E-state index contributed by atoms with van der Waals surface area (Å²) in [7, 11) is -3.81. The molecule has 4 N–H and O–H groups in total. The number of hydrogen-bond donors (Lipinski definition) is 2. The molecule has 2 saturated carbocycles. The molecule has 0 unspecified atom stereocenters. The van der Waals surface area contributed by atoms with E-state index in [1.165, 1.54) is 44.2 Å². The molecule has 4 rings (SSSR count). The third-order valence-electron chi connectivity index (χ3n) is 6.19. The molecule has 0 spiro atoms. The Labute approximate surface area is 183 Å². The highest BCUT2D eigenvalue weighted by molar-refractivity contribution is 7.89. The van der Waals surface area contributed by atoms with Gasteiger partial charge in [0.15, 0.2) is 5.82 Å². The Bertz CT molecular complexity index is 1090. The molecule has 0 aliphatic heterocycles. The van der Waals surface area contributed by atoms with Crippen molar-refractivity contribution < 1.29 is 13.2 Å². The highest BCUT2D eigenvalue weighted by Crippen LogP contribution is 2.35. The minimum absolute atomic E-state index is 0.0256. The van der Waals surface area contributed by atoms with Crippen LogP contribution in [0.5, 0.6) is 0 Å². The fourth-order valence-electron chi connectivity index (χ4n) is 4.29. The molecular formula is C22H29N5O3S. The molecule has 1 heterocycles. The van der Waals surface area contributed by atoms with Gasteiger partial charge in [0, 0.05) is 24.2 Å². The maximum absolute atomic E-state index is 12.1. The van der Waals surface area contributed by atoms with Crippen LogP contribution in [0, 0.1) is 12.8 Å². The second-order valence-electron chi connectivity index (χ2n) is 8.71. The molecule has 2 fully saturated rings. The molecule has 1 aromatic carbocycles. The first kappa shape index (κ1) is 21.7. The molecule has 166 valence electrons. The van der Waals surface area contributed by atoms with E-state index in [2.05, 4.69) is 9.88 Å². The summed E-state index contributed by atoms with van der Waals surface area (Å²) in [6, 6.07) is 6.64. The molecule has 2 aliphatic rings. The second-order valence-corrected chi connectivity index (χ2v) is 10.3. The van der Waals surface area contributed by atoms with Crippen LogP contribution < -0.4 is 15.8 Å². The lowest BCUT2D eigenvalue weighted by Crippen LogP contribution is -2.39. The van der Waals surface area contributed by atoms with Gasteiger partial charge < -0.3 is 10.6 Å². The van der Waals surface area contributed by atoms with E-state index < -0.39 is 15.9 Å². The first-order valence-corrected chi connectivity index (χ1v) is 12.4. The zero-order chi connectivity index (χ0) is 22.2. The predicted octanol–water partition coefficient (Wildman–Crippen LogP) is 2.75. The van der Waals surface area contributed by atoms with Crippen molar-refractivity contribution in [2.45, 2.75) is 62.8 Å². The van der Waals surface area contributed by atoms with Gasteiger partial charge in [-0.15, -0.1) is 0 Å². The van der Waals surface area contributed by atoms with Crippen molar-refractivity contribution >= 4 is 21.7 Å². The van der Waals surface area contributed by atoms with Crippen molar-refractivity contribution in [2.75, 3.05) is 11.4 Å². The van der Waals surface area contributed by atoms with Gasteiger partial charge in [0.2, 0.25) is 10.0 Å². The van der Waals surface area contributed by atoms with Crippen LogP contribution in [0.3, 0.4) is 0 Å². The van der Waals surface area contributed by atoms with Gasteiger partial charge in [0.25, 0.3) is 5.91 Å². The number of amides is 1. The molecule has 0 bridgehead atoms. The van der Waals surface area contributed by atoms with Crippen molar-refractivity contribution in [1.82, 2.24) is 9.97 Å². The number of carbonyl (C=O) groups is 1. The zero-order valence-corrected chi connectivity index (χ0v) is 18.6. The lowest BCUT2D eigenvalue weighted by Gasteiger charge is -2.35. The summed E-state index contributed by atoms with van der Waals surface area (Å²) in [4.78, 5) is 23.6. The highest BCUT2D eigenvalue weighted by Gasteiger charge is 2.31. The van der Waals surface area contributed by atoms with Crippen molar-refractivity contribution in [3.8, 4) is 11.4 Å². The first-order chi connectivity index (χ1) is 14.7. The van der Waals surface area contributed by atoms with Crippen molar-refractivity contribution in [2.24, 2.45) is 16.8 Å². The number of aromatic nitrogens is 2. The average molecular weight is 444 g/mol. The molecule has 2 aromatic rings. The average Bonchev–Trinajstić information content (AvgIpc) is 3.56. The van der Waals surface area contributed by atoms with Gasteiger partial charge in [-0.1, -0.05) is 19.3 Å². The third kappa shape index (κ3) is 5.04. The minimum Gasteiger partial charge on any atom is -0.364 e. The number of primary sulfonamides is 1. The Kier molecular flexibility index (Phi) is 5.98. The number of anilines is 1. The number of aryl methyl sites for hydroxylation is 1. The molecule has 0 radical (unpaired) electrons. The van der Waals surface area contributed by atoms with Gasteiger partial charge in [-0.2, -0.15) is 0 Å². The quantitative estimate of drug-likeness (QED) is 0.676. The monoisotopic (exact) mass is 443 g/mol. The molecule has 31 heavy (non-hydrogen) atoms. The van der Waals surface area contributed by atoms with Gasteiger partial charge in [0.05, 0.1) is 4.90 Å². The van der Waals surface area contributed by atoms with Crippen LogP contribution in [0.25, 0.3) is 11.4 Å². The van der Waals surface area contributed by atoms with E-state index in [0.717, 1.165) is 19.4 Å². The number of nitrogens with two attached hydrogens (primary N) is 2. The Balaban J connectivity index is 1.78. The Hall–Kier alpha value is -2.52. The van der Waals surface area contributed by atoms with Crippen LogP contribution in [0.15, 0.2) is 29.2 Å².